The fourth-order valence-electron chi connectivity index (χ4n) is 3.98. The molecule has 1 atom stereocenters. The Bertz CT molecular complexity index is 739. The van der Waals surface area contributed by atoms with Gasteiger partial charge in [-0.1, -0.05) is 12.1 Å². The van der Waals surface area contributed by atoms with Crippen molar-refractivity contribution < 1.29 is 9.53 Å². The molecule has 4 nitrogen and oxygen atoms in total. The van der Waals surface area contributed by atoms with Crippen LogP contribution in [0.5, 0.6) is 5.75 Å². The highest BCUT2D eigenvalue weighted by Gasteiger charge is 2.24. The molecule has 0 aromatic heterocycles. The summed E-state index contributed by atoms with van der Waals surface area (Å²) in [6, 6.07) is 12.7. The van der Waals surface area contributed by atoms with Gasteiger partial charge in [0.2, 0.25) is 0 Å². The van der Waals surface area contributed by atoms with E-state index in [0.717, 1.165) is 43.8 Å². The molecule has 1 heterocycles. The van der Waals surface area contributed by atoms with Crippen LogP contribution in [0.4, 0.5) is 5.69 Å². The average Bonchev–Trinajstić information content (AvgIpc) is 2.67. The van der Waals surface area contributed by atoms with Gasteiger partial charge in [-0.3, -0.25) is 9.69 Å². The Labute approximate surface area is 156 Å². The summed E-state index contributed by atoms with van der Waals surface area (Å²) >= 11 is 0. The van der Waals surface area contributed by atoms with Gasteiger partial charge in [0.15, 0.2) is 0 Å². The van der Waals surface area contributed by atoms with E-state index in [1.165, 1.54) is 22.4 Å². The molecular weight excluding hydrogens is 324 g/mol. The number of anilines is 1. The number of carbonyl (C=O) groups excluding carboxylic acids is 1. The summed E-state index contributed by atoms with van der Waals surface area (Å²) in [5.74, 6) is 0.899. The van der Waals surface area contributed by atoms with Gasteiger partial charge >= 0.3 is 0 Å². The number of hydrogen-bond acceptors (Lipinski definition) is 4. The molecule has 0 bridgehead atoms. The van der Waals surface area contributed by atoms with E-state index in [9.17, 15) is 4.79 Å². The molecule has 138 valence electrons. The van der Waals surface area contributed by atoms with E-state index in [-0.39, 0.29) is 0 Å². The second kappa shape index (κ2) is 7.92. The van der Waals surface area contributed by atoms with Crippen molar-refractivity contribution in [3.05, 3.63) is 58.7 Å². The monoisotopic (exact) mass is 352 g/mol. The van der Waals surface area contributed by atoms with Crippen molar-refractivity contribution in [3.8, 4) is 5.75 Å². The minimum absolute atomic E-state index is 0.391. The summed E-state index contributed by atoms with van der Waals surface area (Å²) in [6.07, 6.45) is 0.929. The molecule has 4 heteroatoms. The van der Waals surface area contributed by atoms with Crippen molar-refractivity contribution in [3.63, 3.8) is 0 Å². The van der Waals surface area contributed by atoms with E-state index in [1.807, 2.05) is 24.3 Å². The molecule has 0 unspecified atom stereocenters. The molecule has 1 saturated heterocycles. The third kappa shape index (κ3) is 3.75. The van der Waals surface area contributed by atoms with Gasteiger partial charge < -0.3 is 9.64 Å². The molecule has 3 rings (SSSR count). The molecule has 2 aromatic rings. The van der Waals surface area contributed by atoms with Crippen molar-refractivity contribution in [2.45, 2.75) is 26.8 Å². The van der Waals surface area contributed by atoms with Gasteiger partial charge in [0, 0.05) is 43.5 Å². The Morgan fingerprint density at radius 1 is 1.00 bits per heavy atom. The van der Waals surface area contributed by atoms with Gasteiger partial charge in [0.25, 0.3) is 0 Å². The Kier molecular flexibility index (Phi) is 5.62. The fourth-order valence-corrected chi connectivity index (χ4v) is 3.98. The molecule has 0 aliphatic carbocycles. The van der Waals surface area contributed by atoms with Gasteiger partial charge in [-0.2, -0.15) is 0 Å². The van der Waals surface area contributed by atoms with Gasteiger partial charge in [-0.25, -0.2) is 0 Å². The second-order valence-corrected chi connectivity index (χ2v) is 7.09. The topological polar surface area (TPSA) is 32.8 Å². The molecule has 0 radical (unpaired) electrons. The molecular formula is C22H28N2O2. The smallest absolute Gasteiger partial charge is 0.150 e. The van der Waals surface area contributed by atoms with Gasteiger partial charge in [-0.15, -0.1) is 0 Å². The van der Waals surface area contributed by atoms with Gasteiger partial charge in [-0.05, 0) is 61.7 Å². The molecule has 1 fully saturated rings. The minimum atomic E-state index is 0.391. The molecule has 0 amide bonds. The highest BCUT2D eigenvalue weighted by Crippen LogP contribution is 2.29. The van der Waals surface area contributed by atoms with Crippen molar-refractivity contribution >= 4 is 12.0 Å². The number of benzene rings is 2. The average molecular weight is 352 g/mol. The van der Waals surface area contributed by atoms with E-state index in [0.29, 0.717) is 6.04 Å². The number of piperazine rings is 1. The number of rotatable bonds is 5. The van der Waals surface area contributed by atoms with Crippen LogP contribution in [0, 0.1) is 13.8 Å². The standard InChI is InChI=1S/C22H28N2O2/c1-16-13-19(15-25)14-17(2)22(16)24-11-9-23(10-12-24)18(3)20-5-7-21(26-4)8-6-20/h5-8,13-15,18H,9-12H2,1-4H3/t18-/m1/s1. The number of nitrogens with zero attached hydrogens (tertiary/aromatic N) is 2. The summed E-state index contributed by atoms with van der Waals surface area (Å²) in [4.78, 5) is 16.0. The first-order valence-electron chi connectivity index (χ1n) is 9.23. The van der Waals surface area contributed by atoms with Crippen LogP contribution in [0.25, 0.3) is 0 Å². The van der Waals surface area contributed by atoms with Gasteiger partial charge in [0.05, 0.1) is 7.11 Å². The number of methoxy groups -OCH3 is 1. The van der Waals surface area contributed by atoms with Crippen LogP contribution >= 0.6 is 0 Å². The van der Waals surface area contributed by atoms with Crippen LogP contribution in [0.1, 0.15) is 40.0 Å². The fraction of sp³-hybridized carbons (Fsp3) is 0.409. The first-order chi connectivity index (χ1) is 12.5. The molecule has 1 aliphatic heterocycles. The maximum Gasteiger partial charge on any atom is 0.150 e. The SMILES string of the molecule is COc1ccc([C@@H](C)N2CCN(c3c(C)cc(C=O)cc3C)CC2)cc1. The molecule has 26 heavy (non-hydrogen) atoms. The molecule has 2 aromatic carbocycles. The Morgan fingerprint density at radius 2 is 1.58 bits per heavy atom. The van der Waals surface area contributed by atoms with Crippen LogP contribution in [0.15, 0.2) is 36.4 Å². The summed E-state index contributed by atoms with van der Waals surface area (Å²) in [5, 5.41) is 0. The van der Waals surface area contributed by atoms with E-state index in [1.54, 1.807) is 7.11 Å². The molecule has 0 spiro atoms. The van der Waals surface area contributed by atoms with Gasteiger partial charge in [0.1, 0.15) is 12.0 Å². The Hall–Kier alpha value is -2.33. The third-order valence-electron chi connectivity index (χ3n) is 5.43. The molecule has 0 N–H and O–H groups in total. The highest BCUT2D eigenvalue weighted by atomic mass is 16.5. The lowest BCUT2D eigenvalue weighted by Gasteiger charge is -2.40. The number of hydrogen-bond donors (Lipinski definition) is 0. The zero-order valence-corrected chi connectivity index (χ0v) is 16.2. The summed E-state index contributed by atoms with van der Waals surface area (Å²) in [7, 11) is 1.70. The van der Waals surface area contributed by atoms with Crippen molar-refractivity contribution in [2.75, 3.05) is 38.2 Å². The molecule has 0 saturated carbocycles. The number of ether oxygens (including phenoxy) is 1. The lowest BCUT2D eigenvalue weighted by atomic mass is 10.0. The van der Waals surface area contributed by atoms with E-state index >= 15 is 0 Å². The predicted octanol–water partition coefficient (Wildman–Crippen LogP) is 4.01. The zero-order valence-electron chi connectivity index (χ0n) is 16.2. The Morgan fingerprint density at radius 3 is 2.08 bits per heavy atom. The predicted molar refractivity (Wildman–Crippen MR) is 106 cm³/mol. The summed E-state index contributed by atoms with van der Waals surface area (Å²) < 4.78 is 5.25. The maximum atomic E-state index is 11.1. The largest absolute Gasteiger partial charge is 0.497 e. The number of aryl methyl sites for hydroxylation is 2. The van der Waals surface area contributed by atoms with E-state index < -0.39 is 0 Å². The van der Waals surface area contributed by atoms with Crippen LogP contribution < -0.4 is 9.64 Å². The normalized spacial score (nSPS) is 16.4. The first kappa shape index (κ1) is 18.5. The van der Waals surface area contributed by atoms with Crippen LogP contribution in [-0.2, 0) is 0 Å². The molecule has 1 aliphatic rings. The zero-order chi connectivity index (χ0) is 18.7. The van der Waals surface area contributed by atoms with Crippen molar-refractivity contribution in [1.29, 1.82) is 0 Å². The second-order valence-electron chi connectivity index (χ2n) is 7.09. The van der Waals surface area contributed by atoms with Crippen molar-refractivity contribution in [2.24, 2.45) is 0 Å². The number of aldehydes is 1. The quantitative estimate of drug-likeness (QED) is 0.761. The summed E-state index contributed by atoms with van der Waals surface area (Å²) in [5.41, 5.74) is 5.73. The maximum absolute atomic E-state index is 11.1. The van der Waals surface area contributed by atoms with E-state index in [2.05, 4.69) is 42.7 Å². The summed E-state index contributed by atoms with van der Waals surface area (Å²) in [6.45, 7) is 10.5. The lowest BCUT2D eigenvalue weighted by Crippen LogP contribution is -2.47. The van der Waals surface area contributed by atoms with E-state index in [4.69, 9.17) is 4.74 Å². The minimum Gasteiger partial charge on any atom is -0.497 e. The highest BCUT2D eigenvalue weighted by molar-refractivity contribution is 5.78. The first-order valence-corrected chi connectivity index (χ1v) is 9.23. The third-order valence-corrected chi connectivity index (χ3v) is 5.43. The van der Waals surface area contributed by atoms with Crippen LogP contribution in [-0.4, -0.2) is 44.5 Å². The van der Waals surface area contributed by atoms with Crippen LogP contribution in [0.3, 0.4) is 0 Å². The Balaban J connectivity index is 1.68. The number of carbonyl (C=O) groups is 1. The lowest BCUT2D eigenvalue weighted by molar-refractivity contribution is 0.112. The van der Waals surface area contributed by atoms with Crippen LogP contribution in [0.2, 0.25) is 0 Å². The van der Waals surface area contributed by atoms with Crippen molar-refractivity contribution in [1.82, 2.24) is 4.90 Å².